The van der Waals surface area contributed by atoms with Crippen molar-refractivity contribution < 1.29 is 12.8 Å². The maximum Gasteiger partial charge on any atom is 0.212 e. The van der Waals surface area contributed by atoms with Gasteiger partial charge in [0.1, 0.15) is 5.69 Å². The average molecular weight is 342 g/mol. The first kappa shape index (κ1) is 16.4. The van der Waals surface area contributed by atoms with E-state index in [0.29, 0.717) is 12.2 Å². The van der Waals surface area contributed by atoms with Gasteiger partial charge in [0.2, 0.25) is 10.0 Å². The first-order valence-corrected chi connectivity index (χ1v) is 9.28. The molecule has 24 heavy (non-hydrogen) atoms. The predicted octanol–water partition coefficient (Wildman–Crippen LogP) is 3.00. The van der Waals surface area contributed by atoms with Crippen molar-refractivity contribution in [3.63, 3.8) is 0 Å². The summed E-state index contributed by atoms with van der Waals surface area (Å²) in [5, 5.41) is 0. The van der Waals surface area contributed by atoms with Crippen LogP contribution in [0.1, 0.15) is 11.1 Å². The van der Waals surface area contributed by atoms with Crippen molar-refractivity contribution in [2.24, 2.45) is 0 Å². The molecule has 1 N–H and O–H groups in total. The Hall–Kier alpha value is -2.44. The monoisotopic (exact) mass is 342 g/mol. The van der Waals surface area contributed by atoms with Crippen LogP contribution in [0.3, 0.4) is 0 Å². The van der Waals surface area contributed by atoms with Gasteiger partial charge in [0.25, 0.3) is 0 Å². The summed E-state index contributed by atoms with van der Waals surface area (Å²) in [4.78, 5) is 4.29. The third kappa shape index (κ3) is 4.53. The second-order valence-corrected chi connectivity index (χ2v) is 7.33. The number of nitrogens with zero attached hydrogens (tertiary/aromatic N) is 1. The minimum absolute atomic E-state index is 0.0644. The topological polar surface area (TPSA) is 72.2 Å². The summed E-state index contributed by atoms with van der Waals surface area (Å²) in [5.74, 6) is 0.750. The molecule has 0 spiro atoms. The van der Waals surface area contributed by atoms with E-state index in [1.165, 1.54) is 0 Å². The smallest absolute Gasteiger partial charge is 0.212 e. The first-order chi connectivity index (χ1) is 11.6. The minimum Gasteiger partial charge on any atom is -0.463 e. The Kier molecular flexibility index (Phi) is 5.08. The van der Waals surface area contributed by atoms with E-state index in [1.807, 2.05) is 48.5 Å². The Morgan fingerprint density at radius 1 is 0.958 bits per heavy atom. The highest BCUT2D eigenvalue weighted by Gasteiger charge is 2.10. The molecule has 5 nitrogen and oxygen atoms in total. The van der Waals surface area contributed by atoms with Crippen molar-refractivity contribution in [2.75, 3.05) is 5.75 Å². The van der Waals surface area contributed by atoms with Gasteiger partial charge in [-0.25, -0.2) is 13.1 Å². The Labute approximate surface area is 141 Å². The number of hydrogen-bond acceptors (Lipinski definition) is 4. The highest BCUT2D eigenvalue weighted by Crippen LogP contribution is 2.17. The van der Waals surface area contributed by atoms with Crippen LogP contribution in [0.2, 0.25) is 0 Å². The summed E-state index contributed by atoms with van der Waals surface area (Å²) >= 11 is 0. The SMILES string of the molecule is O=S(=O)(CCc1ccccc1)NCc1ccc(-c2ccco2)nc1. The molecule has 0 aliphatic heterocycles. The van der Waals surface area contributed by atoms with Gasteiger partial charge in [-0.05, 0) is 35.7 Å². The first-order valence-electron chi connectivity index (χ1n) is 7.62. The van der Waals surface area contributed by atoms with E-state index in [2.05, 4.69) is 9.71 Å². The molecule has 0 unspecified atom stereocenters. The van der Waals surface area contributed by atoms with Gasteiger partial charge >= 0.3 is 0 Å². The quantitative estimate of drug-likeness (QED) is 0.716. The third-order valence-corrected chi connectivity index (χ3v) is 4.92. The van der Waals surface area contributed by atoms with Crippen LogP contribution in [0.4, 0.5) is 0 Å². The van der Waals surface area contributed by atoms with Gasteiger partial charge in [0.15, 0.2) is 5.76 Å². The summed E-state index contributed by atoms with van der Waals surface area (Å²) in [6, 6.07) is 16.8. The van der Waals surface area contributed by atoms with Crippen LogP contribution in [0.5, 0.6) is 0 Å². The molecule has 3 rings (SSSR count). The number of pyridine rings is 1. The average Bonchev–Trinajstić information content (AvgIpc) is 3.15. The lowest BCUT2D eigenvalue weighted by Crippen LogP contribution is -2.26. The molecule has 2 aromatic heterocycles. The highest BCUT2D eigenvalue weighted by molar-refractivity contribution is 7.89. The summed E-state index contributed by atoms with van der Waals surface area (Å²) < 4.78 is 32.1. The summed E-state index contributed by atoms with van der Waals surface area (Å²) in [7, 11) is -3.33. The summed E-state index contributed by atoms with van der Waals surface area (Å²) in [5.41, 5.74) is 2.52. The van der Waals surface area contributed by atoms with Crippen LogP contribution in [0.25, 0.3) is 11.5 Å². The van der Waals surface area contributed by atoms with E-state index in [4.69, 9.17) is 4.42 Å². The normalized spacial score (nSPS) is 11.5. The zero-order valence-corrected chi connectivity index (χ0v) is 13.9. The molecule has 0 atom stereocenters. The molecule has 124 valence electrons. The van der Waals surface area contributed by atoms with Crippen LogP contribution in [-0.4, -0.2) is 19.2 Å². The molecule has 0 aliphatic rings. The van der Waals surface area contributed by atoms with Crippen LogP contribution in [-0.2, 0) is 23.0 Å². The Bertz CT molecular complexity index is 858. The lowest BCUT2D eigenvalue weighted by Gasteiger charge is -2.07. The minimum atomic E-state index is -3.33. The second-order valence-electron chi connectivity index (χ2n) is 5.40. The fourth-order valence-electron chi connectivity index (χ4n) is 2.26. The molecule has 0 amide bonds. The van der Waals surface area contributed by atoms with Crippen LogP contribution < -0.4 is 4.72 Å². The van der Waals surface area contributed by atoms with Crippen molar-refractivity contribution in [1.29, 1.82) is 0 Å². The molecule has 1 aromatic carbocycles. The number of aromatic nitrogens is 1. The van der Waals surface area contributed by atoms with Crippen molar-refractivity contribution in [3.05, 3.63) is 78.2 Å². The summed E-state index contributed by atoms with van der Waals surface area (Å²) in [6.45, 7) is 0.225. The Morgan fingerprint density at radius 3 is 2.46 bits per heavy atom. The zero-order valence-electron chi connectivity index (χ0n) is 13.1. The lowest BCUT2D eigenvalue weighted by molar-refractivity contribution is 0.578. The van der Waals surface area contributed by atoms with E-state index in [0.717, 1.165) is 16.8 Å². The van der Waals surface area contributed by atoms with Crippen molar-refractivity contribution >= 4 is 10.0 Å². The number of sulfonamides is 1. The van der Waals surface area contributed by atoms with Crippen molar-refractivity contribution in [3.8, 4) is 11.5 Å². The number of hydrogen-bond donors (Lipinski definition) is 1. The van der Waals surface area contributed by atoms with Gasteiger partial charge in [0, 0.05) is 12.7 Å². The maximum atomic E-state index is 12.1. The molecule has 3 aromatic rings. The fraction of sp³-hybridized carbons (Fsp3) is 0.167. The van der Waals surface area contributed by atoms with E-state index in [9.17, 15) is 8.42 Å². The summed E-state index contributed by atoms with van der Waals surface area (Å²) in [6.07, 6.45) is 3.73. The highest BCUT2D eigenvalue weighted by atomic mass is 32.2. The number of benzene rings is 1. The molecule has 6 heteroatoms. The van der Waals surface area contributed by atoms with E-state index < -0.39 is 10.0 Å². The predicted molar refractivity (Wildman–Crippen MR) is 92.7 cm³/mol. The van der Waals surface area contributed by atoms with Gasteiger partial charge < -0.3 is 4.42 Å². The Balaban J connectivity index is 1.54. The maximum absolute atomic E-state index is 12.1. The van der Waals surface area contributed by atoms with Gasteiger partial charge in [0.05, 0.1) is 12.0 Å². The standard InChI is InChI=1S/C18H18N2O3S/c21-24(22,12-10-15-5-2-1-3-6-15)20-14-16-8-9-17(19-13-16)18-7-4-11-23-18/h1-9,11,13,20H,10,12,14H2. The fourth-order valence-corrected chi connectivity index (χ4v) is 3.30. The van der Waals surface area contributed by atoms with Crippen LogP contribution >= 0.6 is 0 Å². The number of nitrogens with one attached hydrogen (secondary N) is 1. The van der Waals surface area contributed by atoms with E-state index >= 15 is 0 Å². The van der Waals surface area contributed by atoms with Crippen LogP contribution in [0.15, 0.2) is 71.5 Å². The van der Waals surface area contributed by atoms with Gasteiger partial charge in [-0.1, -0.05) is 36.4 Å². The molecule has 0 bridgehead atoms. The molecule has 0 saturated carbocycles. The zero-order chi connectivity index (χ0) is 16.8. The molecular weight excluding hydrogens is 324 g/mol. The Morgan fingerprint density at radius 2 is 1.79 bits per heavy atom. The lowest BCUT2D eigenvalue weighted by atomic mass is 10.2. The molecule has 0 fully saturated rings. The molecule has 2 heterocycles. The van der Waals surface area contributed by atoms with Gasteiger partial charge in [-0.3, -0.25) is 4.98 Å². The number of furan rings is 1. The number of rotatable bonds is 7. The van der Waals surface area contributed by atoms with Gasteiger partial charge in [-0.15, -0.1) is 0 Å². The molecule has 0 radical (unpaired) electrons. The van der Waals surface area contributed by atoms with Crippen molar-refractivity contribution in [2.45, 2.75) is 13.0 Å². The van der Waals surface area contributed by atoms with Crippen LogP contribution in [0, 0.1) is 0 Å². The largest absolute Gasteiger partial charge is 0.463 e. The third-order valence-electron chi connectivity index (χ3n) is 3.60. The second kappa shape index (κ2) is 7.42. The van der Waals surface area contributed by atoms with E-state index in [1.54, 1.807) is 18.5 Å². The van der Waals surface area contributed by atoms with Crippen molar-refractivity contribution in [1.82, 2.24) is 9.71 Å². The molecule has 0 aliphatic carbocycles. The molecule has 0 saturated heterocycles. The van der Waals surface area contributed by atoms with Gasteiger partial charge in [-0.2, -0.15) is 0 Å². The number of aryl methyl sites for hydroxylation is 1. The molecular formula is C18H18N2O3S. The van der Waals surface area contributed by atoms with E-state index in [-0.39, 0.29) is 12.3 Å².